The Kier molecular flexibility index (Phi) is 5.94. The van der Waals surface area contributed by atoms with Crippen molar-refractivity contribution in [3.05, 3.63) is 65.2 Å². The first-order valence-electron chi connectivity index (χ1n) is 9.67. The Labute approximate surface area is 161 Å². The molecule has 1 aliphatic carbocycles. The van der Waals surface area contributed by atoms with Gasteiger partial charge in [0.2, 0.25) is 11.8 Å². The first kappa shape index (κ1) is 19.2. The maximum atomic E-state index is 12.9. The lowest BCUT2D eigenvalue weighted by atomic mass is 10.0. The number of amides is 2. The minimum absolute atomic E-state index is 0.0952. The van der Waals surface area contributed by atoms with E-state index in [2.05, 4.69) is 43.4 Å². The van der Waals surface area contributed by atoms with Gasteiger partial charge in [-0.1, -0.05) is 50.2 Å². The summed E-state index contributed by atoms with van der Waals surface area (Å²) < 4.78 is 0. The van der Waals surface area contributed by atoms with Crippen LogP contribution in [-0.2, 0) is 22.6 Å². The van der Waals surface area contributed by atoms with E-state index in [0.29, 0.717) is 24.9 Å². The van der Waals surface area contributed by atoms with Gasteiger partial charge < -0.3 is 10.2 Å². The number of anilines is 1. The average molecular weight is 364 g/mol. The van der Waals surface area contributed by atoms with E-state index in [0.717, 1.165) is 24.1 Å². The molecule has 4 heteroatoms. The zero-order chi connectivity index (χ0) is 19.4. The van der Waals surface area contributed by atoms with Gasteiger partial charge in [-0.3, -0.25) is 9.59 Å². The Morgan fingerprint density at radius 2 is 1.59 bits per heavy atom. The Bertz CT molecular complexity index is 790. The highest BCUT2D eigenvalue weighted by atomic mass is 16.2. The zero-order valence-electron chi connectivity index (χ0n) is 16.4. The Balaban J connectivity index is 1.64. The number of hydrogen-bond acceptors (Lipinski definition) is 2. The molecule has 0 radical (unpaired) electrons. The summed E-state index contributed by atoms with van der Waals surface area (Å²) in [6, 6.07) is 16.5. The van der Waals surface area contributed by atoms with E-state index in [1.807, 2.05) is 29.2 Å². The summed E-state index contributed by atoms with van der Waals surface area (Å²) in [6.45, 7) is 6.53. The van der Waals surface area contributed by atoms with Crippen molar-refractivity contribution in [2.75, 3.05) is 5.32 Å². The third-order valence-corrected chi connectivity index (χ3v) is 4.94. The second-order valence-corrected chi connectivity index (χ2v) is 7.70. The minimum Gasteiger partial charge on any atom is -0.335 e. The zero-order valence-corrected chi connectivity index (χ0v) is 16.4. The summed E-state index contributed by atoms with van der Waals surface area (Å²) in [4.78, 5) is 26.0. The van der Waals surface area contributed by atoms with Crippen LogP contribution < -0.4 is 5.32 Å². The van der Waals surface area contributed by atoms with E-state index in [-0.39, 0.29) is 11.8 Å². The number of carbonyl (C=O) groups is 2. The molecule has 1 fully saturated rings. The van der Waals surface area contributed by atoms with Crippen molar-refractivity contribution in [2.24, 2.45) is 0 Å². The standard InChI is InChI=1S/C23H28N2O2/c1-16(2)20-8-4-19(5-9-20)15-25(22-12-13-22)23(27)14-18-6-10-21(11-7-18)24-17(3)26/h4-11,16,22H,12-15H2,1-3H3,(H,24,26). The molecule has 0 unspecified atom stereocenters. The van der Waals surface area contributed by atoms with E-state index >= 15 is 0 Å². The highest BCUT2D eigenvalue weighted by Crippen LogP contribution is 2.29. The van der Waals surface area contributed by atoms with Gasteiger partial charge in [-0.25, -0.2) is 0 Å². The predicted octanol–water partition coefficient (Wildman–Crippen LogP) is 4.50. The van der Waals surface area contributed by atoms with E-state index in [9.17, 15) is 9.59 Å². The van der Waals surface area contributed by atoms with Gasteiger partial charge in [-0.05, 0) is 47.6 Å². The van der Waals surface area contributed by atoms with E-state index in [4.69, 9.17) is 0 Å². The van der Waals surface area contributed by atoms with Crippen LogP contribution in [0.25, 0.3) is 0 Å². The number of hydrogen-bond donors (Lipinski definition) is 1. The predicted molar refractivity (Wildman–Crippen MR) is 109 cm³/mol. The van der Waals surface area contributed by atoms with Crippen LogP contribution in [0, 0.1) is 0 Å². The molecule has 142 valence electrons. The molecule has 4 nitrogen and oxygen atoms in total. The fourth-order valence-corrected chi connectivity index (χ4v) is 3.20. The number of rotatable bonds is 7. The van der Waals surface area contributed by atoms with Gasteiger partial charge in [0.1, 0.15) is 0 Å². The third-order valence-electron chi connectivity index (χ3n) is 4.94. The molecule has 0 atom stereocenters. The Morgan fingerprint density at radius 1 is 1.00 bits per heavy atom. The second-order valence-electron chi connectivity index (χ2n) is 7.70. The van der Waals surface area contributed by atoms with Crippen molar-refractivity contribution in [1.82, 2.24) is 4.90 Å². The summed E-state index contributed by atoms with van der Waals surface area (Å²) in [7, 11) is 0. The van der Waals surface area contributed by atoms with E-state index in [1.54, 1.807) is 0 Å². The quantitative estimate of drug-likeness (QED) is 0.786. The second kappa shape index (κ2) is 8.38. The van der Waals surface area contributed by atoms with Gasteiger partial charge in [-0.2, -0.15) is 0 Å². The lowest BCUT2D eigenvalue weighted by Gasteiger charge is -2.23. The van der Waals surface area contributed by atoms with Gasteiger partial charge in [0, 0.05) is 25.2 Å². The average Bonchev–Trinajstić information content (AvgIpc) is 3.46. The molecule has 1 N–H and O–H groups in total. The largest absolute Gasteiger partial charge is 0.335 e. The first-order valence-corrected chi connectivity index (χ1v) is 9.67. The van der Waals surface area contributed by atoms with Crippen molar-refractivity contribution >= 4 is 17.5 Å². The van der Waals surface area contributed by atoms with Crippen molar-refractivity contribution in [2.45, 2.75) is 58.5 Å². The molecule has 1 saturated carbocycles. The molecule has 0 saturated heterocycles. The van der Waals surface area contributed by atoms with Crippen molar-refractivity contribution in [3.8, 4) is 0 Å². The normalized spacial score (nSPS) is 13.5. The van der Waals surface area contributed by atoms with Gasteiger partial charge in [0.25, 0.3) is 0 Å². The molecule has 2 aromatic rings. The molecule has 0 bridgehead atoms. The van der Waals surface area contributed by atoms with Crippen LogP contribution in [0.3, 0.4) is 0 Å². The molecule has 3 rings (SSSR count). The lowest BCUT2D eigenvalue weighted by Crippen LogP contribution is -2.33. The number of benzene rings is 2. The third kappa shape index (κ3) is 5.43. The maximum Gasteiger partial charge on any atom is 0.227 e. The molecule has 2 amide bonds. The number of carbonyl (C=O) groups excluding carboxylic acids is 2. The SMILES string of the molecule is CC(=O)Nc1ccc(CC(=O)N(Cc2ccc(C(C)C)cc2)C2CC2)cc1. The van der Waals surface area contributed by atoms with Gasteiger partial charge >= 0.3 is 0 Å². The van der Waals surface area contributed by atoms with Crippen molar-refractivity contribution < 1.29 is 9.59 Å². The van der Waals surface area contributed by atoms with Crippen LogP contribution in [0.15, 0.2) is 48.5 Å². The fraction of sp³-hybridized carbons (Fsp3) is 0.391. The maximum absolute atomic E-state index is 12.9. The molecular weight excluding hydrogens is 336 g/mol. The summed E-state index contributed by atoms with van der Waals surface area (Å²) in [5.41, 5.74) is 4.22. The lowest BCUT2D eigenvalue weighted by molar-refractivity contribution is -0.131. The summed E-state index contributed by atoms with van der Waals surface area (Å²) >= 11 is 0. The Hall–Kier alpha value is -2.62. The molecule has 0 aromatic heterocycles. The number of nitrogens with zero attached hydrogens (tertiary/aromatic N) is 1. The van der Waals surface area contributed by atoms with Crippen LogP contribution in [-0.4, -0.2) is 22.8 Å². The van der Waals surface area contributed by atoms with Crippen LogP contribution >= 0.6 is 0 Å². The first-order chi connectivity index (χ1) is 12.9. The van der Waals surface area contributed by atoms with Gasteiger partial charge in [-0.15, -0.1) is 0 Å². The summed E-state index contributed by atoms with van der Waals surface area (Å²) in [6.07, 6.45) is 2.58. The van der Waals surface area contributed by atoms with Gasteiger partial charge in [0.05, 0.1) is 6.42 Å². The fourth-order valence-electron chi connectivity index (χ4n) is 3.20. The molecule has 2 aromatic carbocycles. The highest BCUT2D eigenvalue weighted by Gasteiger charge is 2.32. The van der Waals surface area contributed by atoms with Crippen molar-refractivity contribution in [3.63, 3.8) is 0 Å². The smallest absolute Gasteiger partial charge is 0.227 e. The van der Waals surface area contributed by atoms with Crippen LogP contribution in [0.4, 0.5) is 5.69 Å². The summed E-state index contributed by atoms with van der Waals surface area (Å²) in [5, 5.41) is 2.75. The van der Waals surface area contributed by atoms with Crippen LogP contribution in [0.5, 0.6) is 0 Å². The summed E-state index contributed by atoms with van der Waals surface area (Å²) in [5.74, 6) is 0.584. The molecule has 0 spiro atoms. The van der Waals surface area contributed by atoms with Crippen molar-refractivity contribution in [1.29, 1.82) is 0 Å². The molecule has 0 heterocycles. The number of nitrogens with one attached hydrogen (secondary N) is 1. The van der Waals surface area contributed by atoms with E-state index in [1.165, 1.54) is 18.1 Å². The topological polar surface area (TPSA) is 49.4 Å². The molecule has 1 aliphatic rings. The molecule has 0 aliphatic heterocycles. The van der Waals surface area contributed by atoms with Gasteiger partial charge in [0.15, 0.2) is 0 Å². The van der Waals surface area contributed by atoms with Crippen LogP contribution in [0.2, 0.25) is 0 Å². The minimum atomic E-state index is -0.0952. The molecular formula is C23H28N2O2. The highest BCUT2D eigenvalue weighted by molar-refractivity contribution is 5.88. The van der Waals surface area contributed by atoms with Crippen LogP contribution in [0.1, 0.15) is 56.2 Å². The molecule has 27 heavy (non-hydrogen) atoms. The monoisotopic (exact) mass is 364 g/mol. The Morgan fingerprint density at radius 3 is 2.11 bits per heavy atom. The van der Waals surface area contributed by atoms with E-state index < -0.39 is 0 Å².